The number of carboxylic acid groups (broad SMARTS) is 1. The number of halogens is 1. The summed E-state index contributed by atoms with van der Waals surface area (Å²) in [6.45, 7) is 4.06. The zero-order valence-electron chi connectivity index (χ0n) is 26.2. The monoisotopic (exact) mass is 646 g/mol. The molecule has 0 radical (unpaired) electrons. The van der Waals surface area contributed by atoms with Gasteiger partial charge in [0.1, 0.15) is 11.5 Å². The predicted molar refractivity (Wildman–Crippen MR) is 177 cm³/mol. The van der Waals surface area contributed by atoms with E-state index >= 15 is 0 Å². The van der Waals surface area contributed by atoms with Gasteiger partial charge in [-0.15, -0.1) is 12.4 Å². The molecule has 2 fully saturated rings. The van der Waals surface area contributed by atoms with E-state index in [0.29, 0.717) is 11.6 Å². The normalized spacial score (nSPS) is 16.9. The highest BCUT2D eigenvalue weighted by Gasteiger charge is 2.35. The maximum absolute atomic E-state index is 12.6. The quantitative estimate of drug-likeness (QED) is 0.262. The Morgan fingerprint density at radius 3 is 1.70 bits per heavy atom. The van der Waals surface area contributed by atoms with Crippen LogP contribution in [0.3, 0.4) is 0 Å². The number of aromatic carboxylic acids is 1. The Bertz CT molecular complexity index is 1560. The Morgan fingerprint density at radius 2 is 1.20 bits per heavy atom. The molecule has 4 aliphatic rings. The number of carbonyl (C=O) groups is 2. The molecule has 0 bridgehead atoms. The molecule has 0 saturated carbocycles. The van der Waals surface area contributed by atoms with E-state index < -0.39 is 5.97 Å². The van der Waals surface area contributed by atoms with Crippen LogP contribution in [0.4, 0.5) is 0 Å². The van der Waals surface area contributed by atoms with Crippen molar-refractivity contribution < 1.29 is 23.7 Å². The van der Waals surface area contributed by atoms with Gasteiger partial charge in [0, 0.05) is 37.1 Å². The number of nitrogens with zero attached hydrogens (tertiary/aromatic N) is 3. The van der Waals surface area contributed by atoms with E-state index in [9.17, 15) is 9.59 Å². The number of nitrogens with one attached hydrogen (secondary N) is 1. The molecule has 1 amide bonds. The molecule has 10 heteroatoms. The van der Waals surface area contributed by atoms with Crippen LogP contribution in [-0.4, -0.2) is 58.4 Å². The molecule has 46 heavy (non-hydrogen) atoms. The molecule has 4 aromatic rings. The maximum atomic E-state index is 12.6. The molecule has 2 N–H and O–H groups in total. The molecule has 2 saturated heterocycles. The number of carbonyl (C=O) groups excluding carboxylic acids is 1. The molecule has 2 aromatic carbocycles. The predicted octanol–water partition coefficient (Wildman–Crippen LogP) is 5.99. The fraction of sp³-hybridized carbons (Fsp3) is 0.444. The zero-order valence-corrected chi connectivity index (χ0v) is 27.0. The third kappa shape index (κ3) is 8.25. The maximum Gasteiger partial charge on any atom is 0.358 e. The van der Waals surface area contributed by atoms with Crippen LogP contribution >= 0.6 is 12.4 Å². The molecule has 0 unspecified atom stereocenters. The van der Waals surface area contributed by atoms with E-state index in [0.717, 1.165) is 99.4 Å². The number of rotatable bonds is 6. The molecule has 4 heterocycles. The van der Waals surface area contributed by atoms with E-state index in [1.807, 2.05) is 11.0 Å². The van der Waals surface area contributed by atoms with Gasteiger partial charge in [-0.3, -0.25) is 4.79 Å². The lowest BCUT2D eigenvalue weighted by Crippen LogP contribution is -2.51. The van der Waals surface area contributed by atoms with E-state index in [-0.39, 0.29) is 24.0 Å². The van der Waals surface area contributed by atoms with Gasteiger partial charge in [-0.05, 0) is 87.4 Å². The lowest BCUT2D eigenvalue weighted by molar-refractivity contribution is 0.0489. The van der Waals surface area contributed by atoms with Gasteiger partial charge >= 0.3 is 5.97 Å². The molecule has 0 atom stereocenters. The minimum absolute atomic E-state index is 0. The van der Waals surface area contributed by atoms with Crippen molar-refractivity contribution in [2.45, 2.75) is 64.2 Å². The first-order valence-electron chi connectivity index (χ1n) is 16.3. The zero-order chi connectivity index (χ0) is 31.0. The fourth-order valence-corrected chi connectivity index (χ4v) is 6.51. The van der Waals surface area contributed by atoms with Gasteiger partial charge in [-0.2, -0.15) is 0 Å². The lowest BCUT2D eigenvalue weighted by Gasteiger charge is -2.39. The molecule has 2 aliphatic carbocycles. The molecule has 9 nitrogen and oxygen atoms in total. The van der Waals surface area contributed by atoms with Gasteiger partial charge in [-0.1, -0.05) is 71.0 Å². The van der Waals surface area contributed by atoms with Crippen molar-refractivity contribution in [1.82, 2.24) is 20.5 Å². The minimum Gasteiger partial charge on any atom is -0.476 e. The molecule has 2 aromatic heterocycles. The van der Waals surface area contributed by atoms with Crippen molar-refractivity contribution >= 4 is 24.3 Å². The van der Waals surface area contributed by atoms with Crippen LogP contribution in [0.5, 0.6) is 0 Å². The summed E-state index contributed by atoms with van der Waals surface area (Å²) in [4.78, 5) is 25.1. The molecular weight excluding hydrogens is 604 g/mol. The second kappa shape index (κ2) is 16.1. The van der Waals surface area contributed by atoms with Gasteiger partial charge in [0.05, 0.1) is 0 Å². The summed E-state index contributed by atoms with van der Waals surface area (Å²) in [6, 6.07) is 21.2. The van der Waals surface area contributed by atoms with Gasteiger partial charge in [0.25, 0.3) is 5.91 Å². The standard InChI is InChI=1S/C18H20N2O2.C10H13N.C8H9NO3.ClH/c21-18(17-15-8-4-5-9-16(15)22-19-17)20-11-14(12-20)10-13-6-2-1-3-7-13;1-2-4-9(5-3-1)6-10-7-11-8-10;10-8(11)7-5-3-1-2-4-6(5)12-9-7;/h1-3,6-7,14H,4-5,8-12H2;1-5,10-11H,6-8H2;1-4H2,(H,10,11);1H. The van der Waals surface area contributed by atoms with Crippen LogP contribution in [0, 0.1) is 11.8 Å². The summed E-state index contributed by atoms with van der Waals surface area (Å²) in [7, 11) is 0. The number of aromatic nitrogens is 2. The van der Waals surface area contributed by atoms with Crippen LogP contribution < -0.4 is 5.32 Å². The second-order valence-electron chi connectivity index (χ2n) is 12.6. The average Bonchev–Trinajstić information content (AvgIpc) is 3.67. The van der Waals surface area contributed by atoms with E-state index in [4.69, 9.17) is 14.2 Å². The van der Waals surface area contributed by atoms with Crippen molar-refractivity contribution in [2.75, 3.05) is 26.2 Å². The van der Waals surface area contributed by atoms with E-state index in [2.05, 4.69) is 70.2 Å². The summed E-state index contributed by atoms with van der Waals surface area (Å²) in [5.74, 6) is 2.21. The SMILES string of the molecule is Cl.O=C(O)c1noc2c1CCCC2.O=C(c1noc2c1CCCC2)N1CC(Cc2ccccc2)C1.c1ccc(CC2CNC2)cc1. The summed E-state index contributed by atoms with van der Waals surface area (Å²) < 4.78 is 10.3. The number of likely N-dealkylation sites (tertiary alicyclic amines) is 1. The second-order valence-corrected chi connectivity index (χ2v) is 12.6. The van der Waals surface area contributed by atoms with Crippen LogP contribution in [0.1, 0.15) is 80.4 Å². The average molecular weight is 647 g/mol. The Morgan fingerprint density at radius 1 is 0.717 bits per heavy atom. The van der Waals surface area contributed by atoms with Gasteiger partial charge in [0.2, 0.25) is 0 Å². The number of fused-ring (bicyclic) bond motifs is 2. The largest absolute Gasteiger partial charge is 0.476 e. The van der Waals surface area contributed by atoms with E-state index in [1.165, 1.54) is 30.6 Å². The summed E-state index contributed by atoms with van der Waals surface area (Å²) in [6.07, 6.45) is 10.1. The summed E-state index contributed by atoms with van der Waals surface area (Å²) >= 11 is 0. The van der Waals surface area contributed by atoms with Gasteiger partial charge in [0.15, 0.2) is 11.4 Å². The van der Waals surface area contributed by atoms with Crippen LogP contribution in [0.15, 0.2) is 69.7 Å². The van der Waals surface area contributed by atoms with Crippen molar-refractivity contribution in [3.63, 3.8) is 0 Å². The first-order valence-corrected chi connectivity index (χ1v) is 16.3. The highest BCUT2D eigenvalue weighted by Crippen LogP contribution is 2.28. The Balaban J connectivity index is 0.000000147. The Hall–Kier alpha value is -3.95. The highest BCUT2D eigenvalue weighted by atomic mass is 35.5. The first-order chi connectivity index (χ1) is 22.0. The van der Waals surface area contributed by atoms with Crippen molar-refractivity contribution in [2.24, 2.45) is 11.8 Å². The number of hydrogen-bond donors (Lipinski definition) is 2. The molecular formula is C36H43ClN4O5. The van der Waals surface area contributed by atoms with Gasteiger partial charge < -0.3 is 24.4 Å². The lowest BCUT2D eigenvalue weighted by atomic mass is 9.91. The third-order valence-corrected chi connectivity index (χ3v) is 9.15. The Kier molecular flexibility index (Phi) is 11.7. The van der Waals surface area contributed by atoms with Crippen LogP contribution in [0.25, 0.3) is 0 Å². The smallest absolute Gasteiger partial charge is 0.358 e. The van der Waals surface area contributed by atoms with Crippen molar-refractivity contribution in [3.05, 3.63) is 106 Å². The fourth-order valence-electron chi connectivity index (χ4n) is 6.51. The molecule has 2 aliphatic heterocycles. The molecule has 8 rings (SSSR count). The molecule has 244 valence electrons. The number of aryl methyl sites for hydroxylation is 2. The first kappa shape index (κ1) is 33.4. The topological polar surface area (TPSA) is 122 Å². The third-order valence-electron chi connectivity index (χ3n) is 9.15. The summed E-state index contributed by atoms with van der Waals surface area (Å²) in [5, 5.41) is 19.6. The number of benzene rings is 2. The Labute approximate surface area is 276 Å². The van der Waals surface area contributed by atoms with Crippen LogP contribution in [-0.2, 0) is 38.5 Å². The van der Waals surface area contributed by atoms with Crippen molar-refractivity contribution in [1.29, 1.82) is 0 Å². The van der Waals surface area contributed by atoms with Gasteiger partial charge in [-0.25, -0.2) is 4.79 Å². The minimum atomic E-state index is -0.984. The number of carboxylic acids is 1. The highest BCUT2D eigenvalue weighted by molar-refractivity contribution is 5.94. The van der Waals surface area contributed by atoms with E-state index in [1.54, 1.807) is 0 Å². The molecule has 0 spiro atoms. The number of hydrogen-bond acceptors (Lipinski definition) is 7. The van der Waals surface area contributed by atoms with Crippen molar-refractivity contribution in [3.8, 4) is 0 Å². The summed E-state index contributed by atoms with van der Waals surface area (Å²) in [5.41, 5.74) is 5.34. The number of amides is 1. The van der Waals surface area contributed by atoms with Crippen LogP contribution in [0.2, 0.25) is 0 Å².